The van der Waals surface area contributed by atoms with Crippen molar-refractivity contribution >= 4 is 0 Å². The first kappa shape index (κ1) is 13.3. The topological polar surface area (TPSA) is 30.5 Å². The van der Waals surface area contributed by atoms with E-state index < -0.39 is 0 Å². The number of hydrogen-bond donors (Lipinski definition) is 1. The minimum atomic E-state index is 0.0953. The molecule has 2 aliphatic rings. The van der Waals surface area contributed by atoms with Crippen LogP contribution in [0.5, 0.6) is 0 Å². The van der Waals surface area contributed by atoms with Crippen LogP contribution in [0.2, 0.25) is 0 Å². The van der Waals surface area contributed by atoms with Crippen LogP contribution in [0, 0.1) is 5.92 Å². The molecule has 1 atom stereocenters. The predicted octanol–water partition coefficient (Wildman–Crippen LogP) is 2.35. The average molecular weight is 241 g/mol. The second-order valence-electron chi connectivity index (χ2n) is 5.46. The number of likely N-dealkylation sites (N-methyl/N-ethyl adjacent to an activating group) is 1. The van der Waals surface area contributed by atoms with Crippen LogP contribution in [-0.4, -0.2) is 38.5 Å². The maximum Gasteiger partial charge on any atom is 0.0833 e. The van der Waals surface area contributed by atoms with Crippen molar-refractivity contribution in [3.8, 4) is 0 Å². The summed E-state index contributed by atoms with van der Waals surface area (Å²) in [6.07, 6.45) is 7.44. The van der Waals surface area contributed by atoms with Crippen LogP contribution in [0.15, 0.2) is 0 Å². The van der Waals surface area contributed by atoms with Crippen LogP contribution in [0.4, 0.5) is 0 Å². The van der Waals surface area contributed by atoms with E-state index in [2.05, 4.69) is 12.2 Å². The lowest BCUT2D eigenvalue weighted by Gasteiger charge is -2.43. The third-order valence-electron chi connectivity index (χ3n) is 4.58. The molecule has 0 radical (unpaired) electrons. The minimum absolute atomic E-state index is 0.0953. The molecule has 1 aliphatic heterocycles. The largest absolute Gasteiger partial charge is 0.381 e. The molecule has 0 aromatic carbocycles. The molecule has 0 aromatic heterocycles. The monoisotopic (exact) mass is 241 g/mol. The van der Waals surface area contributed by atoms with Gasteiger partial charge in [-0.3, -0.25) is 0 Å². The molecule has 1 N–H and O–H groups in total. The van der Waals surface area contributed by atoms with Gasteiger partial charge in [0.2, 0.25) is 0 Å². The Bertz CT molecular complexity index is 220. The lowest BCUT2D eigenvalue weighted by molar-refractivity contribution is -0.0675. The Kier molecular flexibility index (Phi) is 4.83. The number of nitrogens with one attached hydrogen (secondary N) is 1. The molecule has 0 aromatic rings. The SMILES string of the molecule is CCNC(C1CCOCC1)C1(OC)CCCC1. The fourth-order valence-electron chi connectivity index (χ4n) is 3.67. The van der Waals surface area contributed by atoms with Gasteiger partial charge in [0.05, 0.1) is 5.60 Å². The summed E-state index contributed by atoms with van der Waals surface area (Å²) in [5, 5.41) is 3.71. The lowest BCUT2D eigenvalue weighted by Crippen LogP contribution is -2.55. The van der Waals surface area contributed by atoms with Crippen molar-refractivity contribution < 1.29 is 9.47 Å². The summed E-state index contributed by atoms with van der Waals surface area (Å²) in [5.74, 6) is 0.724. The van der Waals surface area contributed by atoms with Gasteiger partial charge in [-0.1, -0.05) is 19.8 Å². The Morgan fingerprint density at radius 3 is 2.47 bits per heavy atom. The summed E-state index contributed by atoms with van der Waals surface area (Å²) < 4.78 is 11.5. The Balaban J connectivity index is 2.08. The lowest BCUT2D eigenvalue weighted by atomic mass is 9.79. The highest BCUT2D eigenvalue weighted by Crippen LogP contribution is 2.40. The highest BCUT2D eigenvalue weighted by Gasteiger charge is 2.44. The summed E-state index contributed by atoms with van der Waals surface area (Å²) in [7, 11) is 1.90. The van der Waals surface area contributed by atoms with E-state index in [-0.39, 0.29) is 5.60 Å². The van der Waals surface area contributed by atoms with Crippen LogP contribution in [0.1, 0.15) is 45.4 Å². The van der Waals surface area contributed by atoms with E-state index in [1.807, 2.05) is 7.11 Å². The van der Waals surface area contributed by atoms with Gasteiger partial charge in [0.25, 0.3) is 0 Å². The second-order valence-corrected chi connectivity index (χ2v) is 5.46. The first-order valence-electron chi connectivity index (χ1n) is 7.18. The zero-order valence-electron chi connectivity index (χ0n) is 11.3. The molecule has 3 heteroatoms. The first-order valence-corrected chi connectivity index (χ1v) is 7.18. The van der Waals surface area contributed by atoms with Crippen LogP contribution in [0.3, 0.4) is 0 Å². The highest BCUT2D eigenvalue weighted by molar-refractivity contribution is 5.00. The van der Waals surface area contributed by atoms with Gasteiger partial charge in [0.1, 0.15) is 0 Å². The summed E-state index contributed by atoms with van der Waals surface area (Å²) >= 11 is 0. The maximum atomic E-state index is 5.96. The Hall–Kier alpha value is -0.120. The molecular weight excluding hydrogens is 214 g/mol. The minimum Gasteiger partial charge on any atom is -0.381 e. The van der Waals surface area contributed by atoms with Gasteiger partial charge in [-0.15, -0.1) is 0 Å². The van der Waals surface area contributed by atoms with Crippen molar-refractivity contribution in [1.82, 2.24) is 5.32 Å². The van der Waals surface area contributed by atoms with Gasteiger partial charge in [0.15, 0.2) is 0 Å². The maximum absolute atomic E-state index is 5.96. The summed E-state index contributed by atoms with van der Waals surface area (Å²) in [6.45, 7) is 5.08. The molecule has 2 fully saturated rings. The van der Waals surface area contributed by atoms with Crippen LogP contribution in [-0.2, 0) is 9.47 Å². The number of rotatable bonds is 5. The Morgan fingerprint density at radius 2 is 1.94 bits per heavy atom. The smallest absolute Gasteiger partial charge is 0.0833 e. The van der Waals surface area contributed by atoms with E-state index in [1.165, 1.54) is 38.5 Å². The molecule has 1 unspecified atom stereocenters. The van der Waals surface area contributed by atoms with Gasteiger partial charge in [-0.2, -0.15) is 0 Å². The fraction of sp³-hybridized carbons (Fsp3) is 1.00. The third-order valence-corrected chi connectivity index (χ3v) is 4.58. The van der Waals surface area contributed by atoms with E-state index >= 15 is 0 Å². The molecule has 0 bridgehead atoms. The zero-order valence-corrected chi connectivity index (χ0v) is 11.3. The van der Waals surface area contributed by atoms with E-state index in [1.54, 1.807) is 0 Å². The van der Waals surface area contributed by atoms with Crippen LogP contribution in [0.25, 0.3) is 0 Å². The van der Waals surface area contributed by atoms with Crippen LogP contribution >= 0.6 is 0 Å². The molecule has 1 saturated carbocycles. The summed E-state index contributed by atoms with van der Waals surface area (Å²) in [6, 6.07) is 0.518. The van der Waals surface area contributed by atoms with Crippen LogP contribution < -0.4 is 5.32 Å². The molecule has 17 heavy (non-hydrogen) atoms. The normalized spacial score (nSPS) is 27.2. The van der Waals surface area contributed by atoms with Crippen molar-refractivity contribution in [3.05, 3.63) is 0 Å². The first-order chi connectivity index (χ1) is 8.32. The third kappa shape index (κ3) is 2.83. The summed E-state index contributed by atoms with van der Waals surface area (Å²) in [4.78, 5) is 0. The molecule has 3 nitrogen and oxygen atoms in total. The number of methoxy groups -OCH3 is 1. The molecule has 0 amide bonds. The van der Waals surface area contributed by atoms with E-state index in [9.17, 15) is 0 Å². The van der Waals surface area contributed by atoms with Crippen molar-refractivity contribution in [3.63, 3.8) is 0 Å². The fourth-order valence-corrected chi connectivity index (χ4v) is 3.67. The number of hydrogen-bond acceptors (Lipinski definition) is 3. The molecule has 1 aliphatic carbocycles. The van der Waals surface area contributed by atoms with E-state index in [0.717, 1.165) is 25.7 Å². The van der Waals surface area contributed by atoms with E-state index in [4.69, 9.17) is 9.47 Å². The van der Waals surface area contributed by atoms with Crippen molar-refractivity contribution in [1.29, 1.82) is 0 Å². The van der Waals surface area contributed by atoms with Gasteiger partial charge >= 0.3 is 0 Å². The molecule has 0 spiro atoms. The van der Waals surface area contributed by atoms with E-state index in [0.29, 0.717) is 6.04 Å². The molecule has 2 rings (SSSR count). The molecule has 1 saturated heterocycles. The van der Waals surface area contributed by atoms with Gasteiger partial charge in [-0.05, 0) is 38.1 Å². The average Bonchev–Trinajstić information content (AvgIpc) is 2.87. The van der Waals surface area contributed by atoms with Crippen molar-refractivity contribution in [2.75, 3.05) is 26.9 Å². The van der Waals surface area contributed by atoms with Gasteiger partial charge in [0, 0.05) is 26.4 Å². The highest BCUT2D eigenvalue weighted by atomic mass is 16.5. The van der Waals surface area contributed by atoms with Crippen molar-refractivity contribution in [2.24, 2.45) is 5.92 Å². The quantitative estimate of drug-likeness (QED) is 0.801. The molecule has 1 heterocycles. The molecule has 100 valence electrons. The Labute approximate surface area is 105 Å². The zero-order chi connectivity index (χ0) is 12.1. The predicted molar refractivity (Wildman–Crippen MR) is 69.2 cm³/mol. The van der Waals surface area contributed by atoms with Crippen molar-refractivity contribution in [2.45, 2.75) is 57.1 Å². The summed E-state index contributed by atoms with van der Waals surface area (Å²) in [5.41, 5.74) is 0.0953. The standard InChI is InChI=1S/C14H27NO2/c1-3-15-13(12-6-10-17-11-7-12)14(16-2)8-4-5-9-14/h12-13,15H,3-11H2,1-2H3. The second kappa shape index (κ2) is 6.17. The molecular formula is C14H27NO2. The van der Waals surface area contributed by atoms with Gasteiger partial charge in [-0.25, -0.2) is 0 Å². The Morgan fingerprint density at radius 1 is 1.29 bits per heavy atom. The van der Waals surface area contributed by atoms with Gasteiger partial charge < -0.3 is 14.8 Å². The number of ether oxygens (including phenoxy) is 2.